The van der Waals surface area contributed by atoms with Crippen molar-refractivity contribution in [2.75, 3.05) is 11.9 Å². The van der Waals surface area contributed by atoms with Gasteiger partial charge in [0.25, 0.3) is 5.69 Å². The summed E-state index contributed by atoms with van der Waals surface area (Å²) < 4.78 is 12.7. The quantitative estimate of drug-likeness (QED) is 0.318. The Balaban J connectivity index is 1.64. The molecule has 3 aromatic rings. The number of nitrogens with zero attached hydrogens (tertiary/aromatic N) is 1. The highest BCUT2D eigenvalue weighted by molar-refractivity contribution is 9.10. The Morgan fingerprint density at radius 2 is 1.62 bits per heavy atom. The third kappa shape index (κ3) is 5.96. The molecule has 0 radical (unpaired) electrons. The molecular weight excluding hydrogens is 436 g/mol. The number of hydrogen-bond donors (Lipinski definition) is 1. The van der Waals surface area contributed by atoms with E-state index in [4.69, 9.17) is 9.47 Å². The lowest BCUT2D eigenvalue weighted by Crippen LogP contribution is -2.03. The highest BCUT2D eigenvalue weighted by Crippen LogP contribution is 2.30. The molecule has 0 saturated carbocycles. The number of anilines is 1. The van der Waals surface area contributed by atoms with Gasteiger partial charge in [0.05, 0.1) is 11.5 Å². The van der Waals surface area contributed by atoms with Crippen molar-refractivity contribution < 1.29 is 14.4 Å². The van der Waals surface area contributed by atoms with E-state index in [9.17, 15) is 10.1 Å². The zero-order valence-electron chi connectivity index (χ0n) is 15.9. The Morgan fingerprint density at radius 1 is 0.931 bits per heavy atom. The molecule has 0 aliphatic heterocycles. The summed E-state index contributed by atoms with van der Waals surface area (Å²) in [4.78, 5) is 10.3. The van der Waals surface area contributed by atoms with Gasteiger partial charge in [-0.25, -0.2) is 0 Å². The van der Waals surface area contributed by atoms with Crippen LogP contribution in [-0.4, -0.2) is 11.5 Å². The molecule has 0 aromatic heterocycles. The highest BCUT2D eigenvalue weighted by Gasteiger charge is 2.08. The molecule has 3 rings (SSSR count). The van der Waals surface area contributed by atoms with Crippen LogP contribution in [0.1, 0.15) is 18.1 Å². The first-order valence-corrected chi connectivity index (χ1v) is 9.95. The fraction of sp³-hybridized carbons (Fsp3) is 0.182. The Kier molecular flexibility index (Phi) is 7.08. The molecule has 0 bridgehead atoms. The number of rotatable bonds is 9. The van der Waals surface area contributed by atoms with Crippen molar-refractivity contribution >= 4 is 27.3 Å². The number of halogens is 1. The van der Waals surface area contributed by atoms with Crippen molar-refractivity contribution in [1.82, 2.24) is 0 Å². The van der Waals surface area contributed by atoms with Crippen LogP contribution in [0.15, 0.2) is 71.2 Å². The van der Waals surface area contributed by atoms with Crippen LogP contribution in [0.2, 0.25) is 0 Å². The minimum absolute atomic E-state index is 0.0708. The number of nitro groups is 1. The van der Waals surface area contributed by atoms with Gasteiger partial charge < -0.3 is 14.8 Å². The molecule has 6 nitrogen and oxygen atoms in total. The molecule has 0 spiro atoms. The van der Waals surface area contributed by atoms with Crippen LogP contribution in [-0.2, 0) is 13.2 Å². The van der Waals surface area contributed by atoms with Crippen molar-refractivity contribution in [3.8, 4) is 11.5 Å². The lowest BCUT2D eigenvalue weighted by atomic mass is 10.2. The Bertz CT molecular complexity index is 960. The van der Waals surface area contributed by atoms with Crippen LogP contribution < -0.4 is 14.8 Å². The Labute approximate surface area is 177 Å². The minimum Gasteiger partial charge on any atom is -0.490 e. The lowest BCUT2D eigenvalue weighted by Gasteiger charge is -2.14. The average Bonchev–Trinajstić information content (AvgIpc) is 2.73. The van der Waals surface area contributed by atoms with E-state index >= 15 is 0 Å². The average molecular weight is 457 g/mol. The standard InChI is InChI=1S/C22H21BrN2O4/c1-2-28-22-13-17(14-24-19-8-10-20(11-9-19)25(26)27)5-12-21(22)29-15-16-3-6-18(23)7-4-16/h3-13,24H,2,14-15H2,1H3. The second kappa shape index (κ2) is 9.93. The van der Waals surface area contributed by atoms with Gasteiger partial charge in [0, 0.05) is 28.8 Å². The zero-order chi connectivity index (χ0) is 20.6. The van der Waals surface area contributed by atoms with Gasteiger partial charge >= 0.3 is 0 Å². The lowest BCUT2D eigenvalue weighted by molar-refractivity contribution is -0.384. The smallest absolute Gasteiger partial charge is 0.269 e. The molecule has 0 heterocycles. The monoisotopic (exact) mass is 456 g/mol. The molecule has 150 valence electrons. The number of benzene rings is 3. The Morgan fingerprint density at radius 3 is 2.28 bits per heavy atom. The van der Waals surface area contributed by atoms with Crippen LogP contribution in [0.4, 0.5) is 11.4 Å². The molecule has 0 aliphatic rings. The van der Waals surface area contributed by atoms with Crippen molar-refractivity contribution in [3.63, 3.8) is 0 Å². The fourth-order valence-electron chi connectivity index (χ4n) is 2.70. The maximum absolute atomic E-state index is 10.7. The van der Waals surface area contributed by atoms with Gasteiger partial charge in [-0.2, -0.15) is 0 Å². The topological polar surface area (TPSA) is 73.6 Å². The molecule has 3 aromatic carbocycles. The van der Waals surface area contributed by atoms with E-state index in [0.717, 1.165) is 21.3 Å². The molecule has 29 heavy (non-hydrogen) atoms. The van der Waals surface area contributed by atoms with Crippen molar-refractivity contribution in [1.29, 1.82) is 0 Å². The first kappa shape index (κ1) is 20.7. The molecule has 0 atom stereocenters. The Hall–Kier alpha value is -3.06. The molecule has 1 N–H and O–H groups in total. The van der Waals surface area contributed by atoms with Crippen LogP contribution in [0.5, 0.6) is 11.5 Å². The number of ether oxygens (including phenoxy) is 2. The number of nitrogens with one attached hydrogen (secondary N) is 1. The normalized spacial score (nSPS) is 10.4. The molecule has 0 amide bonds. The predicted octanol–water partition coefficient (Wildman–Crippen LogP) is 5.95. The van der Waals surface area contributed by atoms with E-state index in [0.29, 0.717) is 31.3 Å². The van der Waals surface area contributed by atoms with Gasteiger partial charge in [-0.15, -0.1) is 0 Å². The molecular formula is C22H21BrN2O4. The van der Waals surface area contributed by atoms with Crippen LogP contribution in [0.25, 0.3) is 0 Å². The summed E-state index contributed by atoms with van der Waals surface area (Å²) >= 11 is 3.43. The largest absolute Gasteiger partial charge is 0.490 e. The first-order chi connectivity index (χ1) is 14.0. The fourth-order valence-corrected chi connectivity index (χ4v) is 2.96. The van der Waals surface area contributed by atoms with Crippen molar-refractivity contribution in [2.24, 2.45) is 0 Å². The van der Waals surface area contributed by atoms with Gasteiger partial charge in [0.15, 0.2) is 11.5 Å². The van der Waals surface area contributed by atoms with Gasteiger partial charge in [0.1, 0.15) is 6.61 Å². The summed E-state index contributed by atoms with van der Waals surface area (Å²) in [6.45, 7) is 3.48. The summed E-state index contributed by atoms with van der Waals surface area (Å²) in [5, 5.41) is 14.0. The van der Waals surface area contributed by atoms with Gasteiger partial charge in [-0.1, -0.05) is 34.1 Å². The summed E-state index contributed by atoms with van der Waals surface area (Å²) in [5.41, 5.74) is 2.97. The van der Waals surface area contributed by atoms with E-state index < -0.39 is 4.92 Å². The summed E-state index contributed by atoms with van der Waals surface area (Å²) in [5.74, 6) is 1.38. The van der Waals surface area contributed by atoms with E-state index in [-0.39, 0.29) is 5.69 Å². The van der Waals surface area contributed by atoms with Crippen molar-refractivity contribution in [2.45, 2.75) is 20.1 Å². The molecule has 0 unspecified atom stereocenters. The van der Waals surface area contributed by atoms with E-state index in [1.165, 1.54) is 12.1 Å². The van der Waals surface area contributed by atoms with Gasteiger partial charge in [-0.05, 0) is 54.4 Å². The third-order valence-electron chi connectivity index (χ3n) is 4.19. The second-order valence-corrected chi connectivity index (χ2v) is 7.20. The van der Waals surface area contributed by atoms with Gasteiger partial charge in [-0.3, -0.25) is 10.1 Å². The zero-order valence-corrected chi connectivity index (χ0v) is 17.5. The van der Waals surface area contributed by atoms with Crippen LogP contribution >= 0.6 is 15.9 Å². The van der Waals surface area contributed by atoms with E-state index in [1.54, 1.807) is 12.1 Å². The van der Waals surface area contributed by atoms with E-state index in [1.807, 2.05) is 49.4 Å². The highest BCUT2D eigenvalue weighted by atomic mass is 79.9. The van der Waals surface area contributed by atoms with Crippen LogP contribution in [0, 0.1) is 10.1 Å². The third-order valence-corrected chi connectivity index (χ3v) is 4.72. The molecule has 0 saturated heterocycles. The molecule has 7 heteroatoms. The maximum Gasteiger partial charge on any atom is 0.269 e. The number of non-ortho nitro benzene ring substituents is 1. The molecule has 0 fully saturated rings. The minimum atomic E-state index is -0.412. The predicted molar refractivity (Wildman–Crippen MR) is 117 cm³/mol. The first-order valence-electron chi connectivity index (χ1n) is 9.16. The second-order valence-electron chi connectivity index (χ2n) is 6.29. The summed E-state index contributed by atoms with van der Waals surface area (Å²) in [6, 6.07) is 20.1. The summed E-state index contributed by atoms with van der Waals surface area (Å²) in [7, 11) is 0. The molecule has 0 aliphatic carbocycles. The number of nitro benzene ring substituents is 1. The van der Waals surface area contributed by atoms with Gasteiger partial charge in [0.2, 0.25) is 0 Å². The van der Waals surface area contributed by atoms with E-state index in [2.05, 4.69) is 21.2 Å². The van der Waals surface area contributed by atoms with Crippen LogP contribution in [0.3, 0.4) is 0 Å². The van der Waals surface area contributed by atoms with Crippen molar-refractivity contribution in [3.05, 3.63) is 92.4 Å². The SMILES string of the molecule is CCOc1cc(CNc2ccc([N+](=O)[O-])cc2)ccc1OCc1ccc(Br)cc1. The summed E-state index contributed by atoms with van der Waals surface area (Å²) in [6.07, 6.45) is 0. The number of hydrogen-bond acceptors (Lipinski definition) is 5. The maximum atomic E-state index is 10.7.